The summed E-state index contributed by atoms with van der Waals surface area (Å²) in [6, 6.07) is 8.14. The van der Waals surface area contributed by atoms with E-state index in [-0.39, 0.29) is 22.0 Å². The fourth-order valence-electron chi connectivity index (χ4n) is 2.32. The zero-order valence-corrected chi connectivity index (χ0v) is 15.8. The van der Waals surface area contributed by atoms with Gasteiger partial charge < -0.3 is 9.84 Å². The molecule has 3 amide bonds. The fourth-order valence-corrected chi connectivity index (χ4v) is 2.95. The van der Waals surface area contributed by atoms with Crippen LogP contribution >= 0.6 is 23.4 Å². The molecular weight excluding hydrogens is 412 g/mol. The average molecular weight is 424 g/mol. The maximum Gasteiger partial charge on any atom is 0.326 e. The molecule has 0 radical (unpaired) electrons. The maximum absolute atomic E-state index is 13.7. The normalized spacial score (nSPS) is 10.6. The Morgan fingerprint density at radius 1 is 1.14 bits per heavy atom. The first kappa shape index (κ1) is 19.8. The molecule has 0 atom stereocenters. The molecule has 28 heavy (non-hydrogen) atoms. The van der Waals surface area contributed by atoms with Crippen LogP contribution in [0.5, 0.6) is 0 Å². The summed E-state index contributed by atoms with van der Waals surface area (Å²) in [4.78, 5) is 24.7. The number of urea groups is 1. The van der Waals surface area contributed by atoms with Gasteiger partial charge in [-0.1, -0.05) is 16.8 Å². The third-order valence-corrected chi connectivity index (χ3v) is 4.51. The number of carbonyl (C=O) groups excluding carboxylic acids is 2. The van der Waals surface area contributed by atoms with E-state index in [0.29, 0.717) is 16.7 Å². The molecule has 1 heterocycles. The van der Waals surface area contributed by atoms with Crippen molar-refractivity contribution in [1.82, 2.24) is 10.5 Å². The third-order valence-electron chi connectivity index (χ3n) is 3.59. The lowest BCUT2D eigenvalue weighted by Crippen LogP contribution is -2.35. The van der Waals surface area contributed by atoms with Crippen LogP contribution in [0.1, 0.15) is 10.4 Å². The van der Waals surface area contributed by atoms with E-state index in [1.807, 2.05) is 0 Å². The minimum absolute atomic E-state index is 0.0459. The Bertz CT molecular complexity index is 1040. The van der Waals surface area contributed by atoms with Crippen molar-refractivity contribution in [2.75, 3.05) is 11.6 Å². The second kappa shape index (κ2) is 8.41. The lowest BCUT2D eigenvalue weighted by molar-refractivity contribution is 0.0964. The van der Waals surface area contributed by atoms with E-state index in [9.17, 15) is 18.4 Å². The molecule has 3 rings (SSSR count). The molecule has 144 valence electrons. The molecule has 2 aromatic carbocycles. The summed E-state index contributed by atoms with van der Waals surface area (Å²) in [5, 5.41) is 8.82. The standard InChI is InChI=1S/C18H12ClF2N3O3S/c1-28-17-14(15(27-24-17)9-2-4-10(19)5-3-9)16(25)23-18(26)22-13-7-6-11(20)8-12(13)21/h2-8H,1H3,(H2,22,23,25,26). The SMILES string of the molecule is CSc1noc(-c2ccc(Cl)cc2)c1C(=O)NC(=O)Nc1ccc(F)cc1F. The van der Waals surface area contributed by atoms with E-state index in [0.717, 1.165) is 23.9 Å². The van der Waals surface area contributed by atoms with Gasteiger partial charge in [0.1, 0.15) is 17.2 Å². The largest absolute Gasteiger partial charge is 0.354 e. The van der Waals surface area contributed by atoms with Crippen LogP contribution in [-0.2, 0) is 0 Å². The molecule has 0 bridgehead atoms. The molecule has 0 aliphatic carbocycles. The quantitative estimate of drug-likeness (QED) is 0.579. The van der Waals surface area contributed by atoms with Gasteiger partial charge in [0.05, 0.1) is 5.69 Å². The Hall–Kier alpha value is -2.91. The van der Waals surface area contributed by atoms with Crippen molar-refractivity contribution in [3.05, 3.63) is 64.7 Å². The van der Waals surface area contributed by atoms with Gasteiger partial charge in [0, 0.05) is 16.7 Å². The van der Waals surface area contributed by atoms with E-state index in [1.165, 1.54) is 0 Å². The molecule has 6 nitrogen and oxygen atoms in total. The Balaban J connectivity index is 1.82. The average Bonchev–Trinajstić information content (AvgIpc) is 3.09. The van der Waals surface area contributed by atoms with Crippen molar-refractivity contribution >= 4 is 41.0 Å². The highest BCUT2D eigenvalue weighted by Gasteiger charge is 2.25. The molecule has 0 aliphatic rings. The van der Waals surface area contributed by atoms with Crippen LogP contribution in [0.3, 0.4) is 0 Å². The molecule has 3 aromatic rings. The first-order chi connectivity index (χ1) is 13.4. The Morgan fingerprint density at radius 3 is 2.50 bits per heavy atom. The Kier molecular flexibility index (Phi) is 5.96. The summed E-state index contributed by atoms with van der Waals surface area (Å²) in [6.07, 6.45) is 1.69. The van der Waals surface area contributed by atoms with Crippen LogP contribution in [0.2, 0.25) is 5.02 Å². The van der Waals surface area contributed by atoms with Gasteiger partial charge in [-0.15, -0.1) is 11.8 Å². The van der Waals surface area contributed by atoms with Gasteiger partial charge in [-0.05, 0) is 42.7 Å². The van der Waals surface area contributed by atoms with E-state index < -0.39 is 23.6 Å². The molecule has 10 heteroatoms. The van der Waals surface area contributed by atoms with E-state index in [1.54, 1.807) is 30.5 Å². The molecule has 0 fully saturated rings. The predicted octanol–water partition coefficient (Wildman–Crippen LogP) is 4.96. The predicted molar refractivity (Wildman–Crippen MR) is 102 cm³/mol. The first-order valence-corrected chi connectivity index (χ1v) is 9.36. The van der Waals surface area contributed by atoms with Crippen molar-refractivity contribution < 1.29 is 22.9 Å². The van der Waals surface area contributed by atoms with Crippen LogP contribution in [0, 0.1) is 11.6 Å². The Labute approximate surface area is 167 Å². The fraction of sp³-hybridized carbons (Fsp3) is 0.0556. The zero-order valence-electron chi connectivity index (χ0n) is 14.3. The monoisotopic (exact) mass is 423 g/mol. The van der Waals surface area contributed by atoms with Crippen LogP contribution < -0.4 is 10.6 Å². The highest BCUT2D eigenvalue weighted by atomic mass is 35.5. The van der Waals surface area contributed by atoms with Gasteiger partial charge >= 0.3 is 6.03 Å². The van der Waals surface area contributed by atoms with Crippen molar-refractivity contribution in [3.63, 3.8) is 0 Å². The number of anilines is 1. The van der Waals surface area contributed by atoms with Gasteiger partial charge in [-0.25, -0.2) is 13.6 Å². The number of nitrogens with zero attached hydrogens (tertiary/aromatic N) is 1. The number of amides is 3. The smallest absolute Gasteiger partial charge is 0.326 e. The zero-order chi connectivity index (χ0) is 20.3. The Morgan fingerprint density at radius 2 is 1.86 bits per heavy atom. The minimum atomic E-state index is -0.995. The lowest BCUT2D eigenvalue weighted by Gasteiger charge is -2.08. The summed E-state index contributed by atoms with van der Waals surface area (Å²) >= 11 is 7.02. The number of thioether (sulfide) groups is 1. The molecule has 0 saturated heterocycles. The number of hydrogen-bond donors (Lipinski definition) is 2. The van der Waals surface area contributed by atoms with E-state index >= 15 is 0 Å². The summed E-state index contributed by atoms with van der Waals surface area (Å²) in [6.45, 7) is 0. The van der Waals surface area contributed by atoms with Crippen LogP contribution in [0.4, 0.5) is 19.3 Å². The van der Waals surface area contributed by atoms with Gasteiger partial charge in [0.25, 0.3) is 5.91 Å². The van der Waals surface area contributed by atoms with Gasteiger partial charge in [-0.3, -0.25) is 10.1 Å². The van der Waals surface area contributed by atoms with Crippen molar-refractivity contribution in [3.8, 4) is 11.3 Å². The van der Waals surface area contributed by atoms with E-state index in [2.05, 4.69) is 15.8 Å². The van der Waals surface area contributed by atoms with Crippen molar-refractivity contribution in [1.29, 1.82) is 0 Å². The minimum Gasteiger partial charge on any atom is -0.354 e. The highest BCUT2D eigenvalue weighted by Crippen LogP contribution is 2.31. The van der Waals surface area contributed by atoms with E-state index in [4.69, 9.17) is 16.1 Å². The molecule has 0 spiro atoms. The van der Waals surface area contributed by atoms with Crippen molar-refractivity contribution in [2.45, 2.75) is 5.03 Å². The van der Waals surface area contributed by atoms with Crippen LogP contribution in [-0.4, -0.2) is 23.4 Å². The molecule has 2 N–H and O–H groups in total. The van der Waals surface area contributed by atoms with Crippen LogP contribution in [0.25, 0.3) is 11.3 Å². The summed E-state index contributed by atoms with van der Waals surface area (Å²) in [5.74, 6) is -2.41. The van der Waals surface area contributed by atoms with Crippen molar-refractivity contribution in [2.24, 2.45) is 0 Å². The molecule has 0 saturated carbocycles. The topological polar surface area (TPSA) is 84.2 Å². The second-order valence-electron chi connectivity index (χ2n) is 5.44. The molecule has 0 unspecified atom stereocenters. The summed E-state index contributed by atoms with van der Waals surface area (Å²) in [7, 11) is 0. The molecular formula is C18H12ClF2N3O3S. The second-order valence-corrected chi connectivity index (χ2v) is 6.67. The number of hydrogen-bond acceptors (Lipinski definition) is 5. The number of imide groups is 1. The van der Waals surface area contributed by atoms with Gasteiger partial charge in [0.2, 0.25) is 0 Å². The van der Waals surface area contributed by atoms with Crippen LogP contribution in [0.15, 0.2) is 52.0 Å². The third kappa shape index (κ3) is 4.32. The number of aromatic nitrogens is 1. The van der Waals surface area contributed by atoms with Gasteiger partial charge in [0.15, 0.2) is 10.8 Å². The number of rotatable bonds is 4. The molecule has 0 aliphatic heterocycles. The number of nitrogens with one attached hydrogen (secondary N) is 2. The summed E-state index contributed by atoms with van der Waals surface area (Å²) < 4.78 is 31.9. The maximum atomic E-state index is 13.7. The highest BCUT2D eigenvalue weighted by molar-refractivity contribution is 7.98. The lowest BCUT2D eigenvalue weighted by atomic mass is 10.1. The molecule has 1 aromatic heterocycles. The number of carbonyl (C=O) groups is 2. The first-order valence-electron chi connectivity index (χ1n) is 7.76. The number of halogens is 3. The number of benzene rings is 2. The van der Waals surface area contributed by atoms with Gasteiger partial charge in [-0.2, -0.15) is 0 Å². The summed E-state index contributed by atoms with van der Waals surface area (Å²) in [5.41, 5.74) is 0.303.